The molecule has 28 heavy (non-hydrogen) atoms. The fourth-order valence-corrected chi connectivity index (χ4v) is 4.98. The van der Waals surface area contributed by atoms with Gasteiger partial charge in [0.2, 0.25) is 21.8 Å². The third kappa shape index (κ3) is 4.91. The van der Waals surface area contributed by atoms with E-state index in [1.54, 1.807) is 12.1 Å². The van der Waals surface area contributed by atoms with Crippen LogP contribution in [-0.4, -0.2) is 44.3 Å². The second kappa shape index (κ2) is 9.05. The van der Waals surface area contributed by atoms with Gasteiger partial charge in [0.1, 0.15) is 0 Å². The summed E-state index contributed by atoms with van der Waals surface area (Å²) >= 11 is 0. The van der Waals surface area contributed by atoms with Crippen molar-refractivity contribution in [2.45, 2.75) is 62.8 Å². The summed E-state index contributed by atoms with van der Waals surface area (Å²) in [7, 11) is -3.53. The zero-order chi connectivity index (χ0) is 20.1. The van der Waals surface area contributed by atoms with E-state index in [1.807, 2.05) is 11.8 Å². The lowest BCUT2D eigenvalue weighted by Crippen LogP contribution is -2.35. The van der Waals surface area contributed by atoms with Gasteiger partial charge in [0.25, 0.3) is 0 Å². The van der Waals surface area contributed by atoms with E-state index in [4.69, 9.17) is 0 Å². The Hall–Kier alpha value is -1.93. The number of hydrogen-bond donors (Lipinski definition) is 2. The van der Waals surface area contributed by atoms with E-state index < -0.39 is 10.0 Å². The lowest BCUT2D eigenvalue weighted by atomic mass is 10.1. The summed E-state index contributed by atoms with van der Waals surface area (Å²) in [6, 6.07) is 6.41. The van der Waals surface area contributed by atoms with Crippen LogP contribution in [0.3, 0.4) is 0 Å². The van der Waals surface area contributed by atoms with Crippen molar-refractivity contribution in [3.8, 4) is 0 Å². The molecule has 0 aromatic heterocycles. The molecule has 0 radical (unpaired) electrons. The topological polar surface area (TPSA) is 95.6 Å². The van der Waals surface area contributed by atoms with E-state index >= 15 is 0 Å². The summed E-state index contributed by atoms with van der Waals surface area (Å²) in [6.07, 6.45) is 6.29. The number of sulfonamides is 1. The summed E-state index contributed by atoms with van der Waals surface area (Å²) in [6.45, 7) is 2.88. The molecule has 1 aromatic rings. The molecule has 8 heteroatoms. The lowest BCUT2D eigenvalue weighted by molar-refractivity contribution is -0.129. The van der Waals surface area contributed by atoms with E-state index in [2.05, 4.69) is 10.0 Å². The fourth-order valence-electron chi connectivity index (χ4n) is 3.90. The van der Waals surface area contributed by atoms with E-state index in [1.165, 1.54) is 12.1 Å². The molecule has 2 fully saturated rings. The van der Waals surface area contributed by atoms with Crippen molar-refractivity contribution < 1.29 is 18.0 Å². The number of unbranched alkanes of at least 4 members (excludes halogenated alkanes) is 1. The van der Waals surface area contributed by atoms with Crippen molar-refractivity contribution in [3.05, 3.63) is 24.3 Å². The van der Waals surface area contributed by atoms with Gasteiger partial charge in [-0.15, -0.1) is 0 Å². The van der Waals surface area contributed by atoms with Gasteiger partial charge in [0, 0.05) is 31.2 Å². The number of nitrogens with zero attached hydrogens (tertiary/aromatic N) is 1. The molecule has 1 saturated carbocycles. The summed E-state index contributed by atoms with van der Waals surface area (Å²) < 4.78 is 27.0. The number of rotatable bonds is 8. The minimum atomic E-state index is -3.53. The monoisotopic (exact) mass is 407 g/mol. The van der Waals surface area contributed by atoms with Crippen LogP contribution in [0.15, 0.2) is 29.2 Å². The van der Waals surface area contributed by atoms with Gasteiger partial charge in [-0.3, -0.25) is 9.59 Å². The smallest absolute Gasteiger partial charge is 0.240 e. The van der Waals surface area contributed by atoms with Crippen molar-refractivity contribution in [3.63, 3.8) is 0 Å². The highest BCUT2D eigenvalue weighted by Crippen LogP contribution is 2.30. The molecule has 0 spiro atoms. The maximum Gasteiger partial charge on any atom is 0.240 e. The van der Waals surface area contributed by atoms with Gasteiger partial charge >= 0.3 is 0 Å². The number of benzene rings is 1. The maximum atomic E-state index is 12.6. The van der Waals surface area contributed by atoms with Crippen LogP contribution in [0.5, 0.6) is 0 Å². The molecule has 0 bridgehead atoms. The third-order valence-corrected chi connectivity index (χ3v) is 7.03. The van der Waals surface area contributed by atoms with Gasteiger partial charge in [-0.1, -0.05) is 26.2 Å². The minimum Gasteiger partial charge on any atom is -0.339 e. The van der Waals surface area contributed by atoms with Crippen LogP contribution in [0.25, 0.3) is 0 Å². The summed E-state index contributed by atoms with van der Waals surface area (Å²) in [5.74, 6) is -0.482. The third-order valence-electron chi connectivity index (χ3n) is 5.55. The molecule has 2 amide bonds. The second-order valence-corrected chi connectivity index (χ2v) is 9.42. The Morgan fingerprint density at radius 3 is 2.50 bits per heavy atom. The molecule has 2 aliphatic rings. The average molecular weight is 408 g/mol. The molecule has 1 aliphatic heterocycles. The van der Waals surface area contributed by atoms with Crippen LogP contribution >= 0.6 is 0 Å². The molecule has 1 aromatic carbocycles. The van der Waals surface area contributed by atoms with Crippen LogP contribution in [0.2, 0.25) is 0 Å². The van der Waals surface area contributed by atoms with Crippen LogP contribution in [0, 0.1) is 5.92 Å². The van der Waals surface area contributed by atoms with Crippen LogP contribution < -0.4 is 10.0 Å². The van der Waals surface area contributed by atoms with E-state index in [0.717, 1.165) is 38.5 Å². The Bertz CT molecular complexity index is 801. The number of amides is 2. The minimum absolute atomic E-state index is 0.0617. The summed E-state index contributed by atoms with van der Waals surface area (Å²) in [5.41, 5.74) is 0.532. The van der Waals surface area contributed by atoms with E-state index in [-0.39, 0.29) is 35.1 Å². The van der Waals surface area contributed by atoms with Gasteiger partial charge in [-0.2, -0.15) is 0 Å². The van der Waals surface area contributed by atoms with Gasteiger partial charge in [0.15, 0.2) is 0 Å². The highest BCUT2D eigenvalue weighted by molar-refractivity contribution is 7.89. The van der Waals surface area contributed by atoms with Gasteiger partial charge in [0.05, 0.1) is 10.8 Å². The average Bonchev–Trinajstić information content (AvgIpc) is 3.31. The van der Waals surface area contributed by atoms with Crippen LogP contribution in [-0.2, 0) is 19.6 Å². The Morgan fingerprint density at radius 2 is 1.86 bits per heavy atom. The molecule has 1 heterocycles. The molecule has 3 rings (SSSR count). The summed E-state index contributed by atoms with van der Waals surface area (Å²) in [5, 5.41) is 2.81. The van der Waals surface area contributed by atoms with Crippen LogP contribution in [0.1, 0.15) is 51.9 Å². The van der Waals surface area contributed by atoms with Crippen molar-refractivity contribution in [2.75, 3.05) is 18.4 Å². The molecule has 1 atom stereocenters. The number of anilines is 1. The normalized spacial score (nSPS) is 20.7. The first-order valence-electron chi connectivity index (χ1n) is 10.1. The number of carbonyl (C=O) groups excluding carboxylic acids is 2. The SMILES string of the molecule is CCCCNS(=O)(=O)c1ccc(NC(=O)[C@@H]2CC(=O)N(C3CCCC3)C2)cc1. The van der Waals surface area contributed by atoms with Gasteiger partial charge in [-0.25, -0.2) is 13.1 Å². The first kappa shape index (κ1) is 20.8. The van der Waals surface area contributed by atoms with Crippen molar-refractivity contribution in [1.82, 2.24) is 9.62 Å². The molecular weight excluding hydrogens is 378 g/mol. The number of carbonyl (C=O) groups is 2. The van der Waals surface area contributed by atoms with Crippen molar-refractivity contribution in [1.29, 1.82) is 0 Å². The van der Waals surface area contributed by atoms with E-state index in [0.29, 0.717) is 18.8 Å². The largest absolute Gasteiger partial charge is 0.339 e. The molecule has 2 N–H and O–H groups in total. The van der Waals surface area contributed by atoms with Gasteiger partial charge in [-0.05, 0) is 43.5 Å². The molecule has 1 aliphatic carbocycles. The molecular formula is C20H29N3O4S. The molecule has 0 unspecified atom stereocenters. The number of nitrogens with one attached hydrogen (secondary N) is 2. The molecule has 1 saturated heterocycles. The Morgan fingerprint density at radius 1 is 1.18 bits per heavy atom. The Kier molecular flexibility index (Phi) is 6.72. The van der Waals surface area contributed by atoms with E-state index in [9.17, 15) is 18.0 Å². The Labute approximate surface area is 166 Å². The van der Waals surface area contributed by atoms with Crippen LogP contribution in [0.4, 0.5) is 5.69 Å². The highest BCUT2D eigenvalue weighted by Gasteiger charge is 2.38. The zero-order valence-corrected chi connectivity index (χ0v) is 17.1. The fraction of sp³-hybridized carbons (Fsp3) is 0.600. The Balaban J connectivity index is 1.56. The first-order valence-corrected chi connectivity index (χ1v) is 11.6. The first-order chi connectivity index (χ1) is 13.4. The molecule has 7 nitrogen and oxygen atoms in total. The lowest BCUT2D eigenvalue weighted by Gasteiger charge is -2.23. The predicted octanol–water partition coefficient (Wildman–Crippen LogP) is 2.49. The van der Waals surface area contributed by atoms with Crippen molar-refractivity contribution >= 4 is 27.5 Å². The highest BCUT2D eigenvalue weighted by atomic mass is 32.2. The summed E-state index contributed by atoms with van der Waals surface area (Å²) in [4.78, 5) is 26.9. The number of likely N-dealkylation sites (tertiary alicyclic amines) is 1. The zero-order valence-electron chi connectivity index (χ0n) is 16.3. The quantitative estimate of drug-likeness (QED) is 0.647. The van der Waals surface area contributed by atoms with Gasteiger partial charge < -0.3 is 10.2 Å². The predicted molar refractivity (Wildman–Crippen MR) is 107 cm³/mol. The maximum absolute atomic E-state index is 12.6. The molecule has 154 valence electrons. The van der Waals surface area contributed by atoms with Crippen molar-refractivity contribution in [2.24, 2.45) is 5.92 Å². The standard InChI is InChI=1S/C20H29N3O4S/c1-2-3-12-21-28(26,27)18-10-8-16(9-11-18)22-20(25)15-13-19(24)23(14-15)17-6-4-5-7-17/h8-11,15,17,21H,2-7,12-14H2,1H3,(H,22,25)/t15-/m1/s1. The second-order valence-electron chi connectivity index (χ2n) is 7.65. The number of hydrogen-bond acceptors (Lipinski definition) is 4.